The Morgan fingerprint density at radius 2 is 2.24 bits per heavy atom. The first-order chi connectivity index (χ1) is 9.92. The number of carboxylic acids is 1. The van der Waals surface area contributed by atoms with Crippen LogP contribution in [0.1, 0.15) is 23.8 Å². The number of aliphatic carboxylic acids is 1. The summed E-state index contributed by atoms with van der Waals surface area (Å²) >= 11 is 1.11. The van der Waals surface area contributed by atoms with Crippen molar-refractivity contribution in [3.05, 3.63) is 11.1 Å². The van der Waals surface area contributed by atoms with Gasteiger partial charge in [-0.1, -0.05) is 0 Å². The largest absolute Gasteiger partial charge is 0.480 e. The van der Waals surface area contributed by atoms with Crippen LogP contribution < -0.4 is 5.32 Å². The average Bonchev–Trinajstić information content (AvgIpc) is 3.03. The summed E-state index contributed by atoms with van der Waals surface area (Å²) in [6, 6.07) is -0.923. The van der Waals surface area contributed by atoms with Crippen LogP contribution in [0.25, 0.3) is 0 Å². The number of nitrogens with zero attached hydrogens (tertiary/aromatic N) is 2. The van der Waals surface area contributed by atoms with Crippen LogP contribution in [0.2, 0.25) is 0 Å². The molecule has 2 N–H and O–H groups in total. The zero-order chi connectivity index (χ0) is 15.6. The lowest BCUT2D eigenvalue weighted by Crippen LogP contribution is -2.40. The molecule has 0 spiro atoms. The molecule has 1 aliphatic rings. The molecule has 1 aliphatic heterocycles. The number of thiazole rings is 1. The molecule has 0 bridgehead atoms. The standard InChI is InChI=1S/C12H15N3O5S/c1-6(16)13-12-14-8(5-21-12)10(17)15-4-7(20-2)3-9(15)11(18)19/h5,7,9H,3-4H2,1-2H3,(H,18,19)(H,13,14,16). The fourth-order valence-electron chi connectivity index (χ4n) is 2.15. The van der Waals surface area contributed by atoms with Crippen LogP contribution in [0.15, 0.2) is 5.38 Å². The Morgan fingerprint density at radius 1 is 1.52 bits per heavy atom. The van der Waals surface area contributed by atoms with E-state index in [1.54, 1.807) is 0 Å². The highest BCUT2D eigenvalue weighted by molar-refractivity contribution is 7.14. The number of methoxy groups -OCH3 is 1. The number of hydrogen-bond acceptors (Lipinski definition) is 6. The lowest BCUT2D eigenvalue weighted by Gasteiger charge is -2.19. The molecule has 9 heteroatoms. The summed E-state index contributed by atoms with van der Waals surface area (Å²) in [4.78, 5) is 39.8. The second-order valence-electron chi connectivity index (χ2n) is 4.62. The fraction of sp³-hybridized carbons (Fsp3) is 0.500. The van der Waals surface area contributed by atoms with E-state index in [1.807, 2.05) is 0 Å². The van der Waals surface area contributed by atoms with Crippen molar-refractivity contribution in [1.29, 1.82) is 0 Å². The molecule has 21 heavy (non-hydrogen) atoms. The predicted molar refractivity (Wildman–Crippen MR) is 74.3 cm³/mol. The summed E-state index contributed by atoms with van der Waals surface area (Å²) in [5.74, 6) is -1.83. The second kappa shape index (κ2) is 6.19. The van der Waals surface area contributed by atoms with E-state index in [9.17, 15) is 19.5 Å². The maximum Gasteiger partial charge on any atom is 0.326 e. The Morgan fingerprint density at radius 3 is 2.81 bits per heavy atom. The molecule has 0 aliphatic carbocycles. The lowest BCUT2D eigenvalue weighted by molar-refractivity contribution is -0.141. The van der Waals surface area contributed by atoms with Crippen LogP contribution in [0.5, 0.6) is 0 Å². The summed E-state index contributed by atoms with van der Waals surface area (Å²) in [6.07, 6.45) is -0.0521. The summed E-state index contributed by atoms with van der Waals surface area (Å²) in [5.41, 5.74) is 0.117. The molecule has 2 atom stereocenters. The summed E-state index contributed by atoms with van der Waals surface area (Å²) < 4.78 is 5.13. The van der Waals surface area contributed by atoms with Crippen LogP contribution in [-0.4, -0.2) is 58.6 Å². The van der Waals surface area contributed by atoms with Gasteiger partial charge in [0.2, 0.25) is 5.91 Å². The zero-order valence-corrected chi connectivity index (χ0v) is 12.3. The zero-order valence-electron chi connectivity index (χ0n) is 11.5. The molecule has 8 nitrogen and oxygen atoms in total. The highest BCUT2D eigenvalue weighted by Crippen LogP contribution is 2.24. The minimum Gasteiger partial charge on any atom is -0.480 e. The fourth-order valence-corrected chi connectivity index (χ4v) is 2.88. The SMILES string of the molecule is COC1CC(C(=O)O)N(C(=O)c2csc(NC(C)=O)n2)C1. The Hall–Kier alpha value is -2.00. The van der Waals surface area contributed by atoms with Crippen LogP contribution in [0.4, 0.5) is 5.13 Å². The minimum atomic E-state index is -1.07. The monoisotopic (exact) mass is 313 g/mol. The number of aromatic nitrogens is 1. The number of carboxylic acid groups (broad SMARTS) is 1. The topological polar surface area (TPSA) is 109 Å². The number of hydrogen-bond donors (Lipinski definition) is 2. The number of carbonyl (C=O) groups excluding carboxylic acids is 2. The first-order valence-corrected chi connectivity index (χ1v) is 7.10. The second-order valence-corrected chi connectivity index (χ2v) is 5.48. The van der Waals surface area contributed by atoms with E-state index in [-0.39, 0.29) is 30.7 Å². The van der Waals surface area contributed by atoms with Gasteiger partial charge >= 0.3 is 5.97 Å². The molecule has 0 saturated carbocycles. The molecule has 0 aromatic carbocycles. The number of anilines is 1. The molecule has 1 saturated heterocycles. The van der Waals surface area contributed by atoms with Gasteiger partial charge in [0.05, 0.1) is 6.10 Å². The van der Waals surface area contributed by atoms with Gasteiger partial charge in [-0.2, -0.15) is 0 Å². The average molecular weight is 313 g/mol. The Kier molecular flexibility index (Phi) is 4.53. The van der Waals surface area contributed by atoms with Gasteiger partial charge in [-0.25, -0.2) is 9.78 Å². The van der Waals surface area contributed by atoms with Crippen molar-refractivity contribution in [2.75, 3.05) is 19.0 Å². The van der Waals surface area contributed by atoms with Crippen molar-refractivity contribution < 1.29 is 24.2 Å². The van der Waals surface area contributed by atoms with E-state index >= 15 is 0 Å². The first kappa shape index (κ1) is 15.4. The molecule has 1 aromatic heterocycles. The highest BCUT2D eigenvalue weighted by atomic mass is 32.1. The van der Waals surface area contributed by atoms with Gasteiger partial charge < -0.3 is 20.1 Å². The van der Waals surface area contributed by atoms with Gasteiger partial charge in [-0.05, 0) is 0 Å². The summed E-state index contributed by atoms with van der Waals surface area (Å²) in [5, 5.41) is 13.5. The number of carbonyl (C=O) groups is 3. The molecule has 0 radical (unpaired) electrons. The third-order valence-corrected chi connectivity index (χ3v) is 3.91. The van der Waals surface area contributed by atoms with Crippen molar-refractivity contribution in [2.24, 2.45) is 0 Å². The van der Waals surface area contributed by atoms with E-state index in [2.05, 4.69) is 10.3 Å². The van der Waals surface area contributed by atoms with Crippen molar-refractivity contribution in [1.82, 2.24) is 9.88 Å². The van der Waals surface area contributed by atoms with Crippen LogP contribution in [0, 0.1) is 0 Å². The normalized spacial score (nSPS) is 21.3. The van der Waals surface area contributed by atoms with Crippen molar-refractivity contribution in [3.8, 4) is 0 Å². The minimum absolute atomic E-state index is 0.117. The third kappa shape index (κ3) is 3.37. The Labute approximate surface area is 124 Å². The van der Waals surface area contributed by atoms with Gasteiger partial charge in [-0.3, -0.25) is 9.59 Å². The number of rotatable bonds is 4. The molecule has 2 rings (SSSR count). The smallest absolute Gasteiger partial charge is 0.326 e. The van der Waals surface area contributed by atoms with Gasteiger partial charge in [0, 0.05) is 32.4 Å². The Bertz CT molecular complexity index is 573. The summed E-state index contributed by atoms with van der Waals surface area (Å²) in [7, 11) is 1.48. The van der Waals surface area contributed by atoms with E-state index in [1.165, 1.54) is 24.3 Å². The van der Waals surface area contributed by atoms with Crippen molar-refractivity contribution in [2.45, 2.75) is 25.5 Å². The quantitative estimate of drug-likeness (QED) is 0.833. The van der Waals surface area contributed by atoms with Crippen molar-refractivity contribution in [3.63, 3.8) is 0 Å². The van der Waals surface area contributed by atoms with Gasteiger partial charge in [0.25, 0.3) is 5.91 Å². The van der Waals surface area contributed by atoms with E-state index < -0.39 is 17.9 Å². The van der Waals surface area contributed by atoms with Crippen LogP contribution in [-0.2, 0) is 14.3 Å². The van der Waals surface area contributed by atoms with E-state index in [0.717, 1.165) is 11.3 Å². The number of nitrogens with one attached hydrogen (secondary N) is 1. The first-order valence-electron chi connectivity index (χ1n) is 6.22. The molecule has 2 heterocycles. The lowest BCUT2D eigenvalue weighted by atomic mass is 10.2. The van der Waals surface area contributed by atoms with Crippen molar-refractivity contribution >= 4 is 34.3 Å². The van der Waals surface area contributed by atoms with Gasteiger partial charge in [-0.15, -0.1) is 11.3 Å². The Balaban J connectivity index is 2.16. The van der Waals surface area contributed by atoms with E-state index in [4.69, 9.17) is 4.74 Å². The van der Waals surface area contributed by atoms with Crippen LogP contribution in [0.3, 0.4) is 0 Å². The molecule has 2 unspecified atom stereocenters. The van der Waals surface area contributed by atoms with Crippen LogP contribution >= 0.6 is 11.3 Å². The molecular formula is C12H15N3O5S. The molecule has 114 valence electrons. The predicted octanol–water partition coefficient (Wildman–Crippen LogP) is 0.416. The third-order valence-electron chi connectivity index (χ3n) is 3.15. The number of amides is 2. The van der Waals surface area contributed by atoms with Gasteiger partial charge in [0.1, 0.15) is 11.7 Å². The number of likely N-dealkylation sites (tertiary alicyclic amines) is 1. The summed E-state index contributed by atoms with van der Waals surface area (Å²) in [6.45, 7) is 1.55. The maximum absolute atomic E-state index is 12.4. The van der Waals surface area contributed by atoms with E-state index in [0.29, 0.717) is 5.13 Å². The maximum atomic E-state index is 12.4. The van der Waals surface area contributed by atoms with Gasteiger partial charge in [0.15, 0.2) is 5.13 Å². The number of ether oxygens (including phenoxy) is 1. The molecule has 1 fully saturated rings. The highest BCUT2D eigenvalue weighted by Gasteiger charge is 2.40. The molecular weight excluding hydrogens is 298 g/mol. The molecule has 2 amide bonds. The molecule has 1 aromatic rings.